The fourth-order valence-corrected chi connectivity index (χ4v) is 1.76. The van der Waals surface area contributed by atoms with Crippen LogP contribution in [0.4, 0.5) is 5.82 Å². The summed E-state index contributed by atoms with van der Waals surface area (Å²) in [5, 5.41) is 9.48. The Kier molecular flexibility index (Phi) is 4.48. The van der Waals surface area contributed by atoms with Crippen LogP contribution in [0.1, 0.15) is 12.2 Å². The van der Waals surface area contributed by atoms with Gasteiger partial charge in [0.05, 0.1) is 6.61 Å². The molecule has 2 heterocycles. The Hall–Kier alpha value is -1.93. The average Bonchev–Trinajstić information content (AvgIpc) is 2.76. The zero-order chi connectivity index (χ0) is 13.7. The molecule has 0 amide bonds. The number of hydrogen-bond donors (Lipinski definition) is 3. The molecular weight excluding hydrogens is 248 g/mol. The van der Waals surface area contributed by atoms with Crippen LogP contribution in [0.5, 0.6) is 0 Å². The Morgan fingerprint density at radius 3 is 3.16 bits per heavy atom. The standard InChI is InChI=1S/C11H18N6O2/c1-8-14-9(13-4-2-5-19-6-3-12)7-10-15-16-11(18)17(8)10/h7,13H,2-6,12H2,1H3,(H,16,18). The van der Waals surface area contributed by atoms with Gasteiger partial charge in [0.1, 0.15) is 11.6 Å². The van der Waals surface area contributed by atoms with E-state index in [9.17, 15) is 4.79 Å². The van der Waals surface area contributed by atoms with Crippen molar-refractivity contribution in [2.24, 2.45) is 5.73 Å². The van der Waals surface area contributed by atoms with Gasteiger partial charge < -0.3 is 15.8 Å². The molecule has 2 aromatic heterocycles. The lowest BCUT2D eigenvalue weighted by Gasteiger charge is -2.07. The van der Waals surface area contributed by atoms with Crippen molar-refractivity contribution in [3.63, 3.8) is 0 Å². The van der Waals surface area contributed by atoms with E-state index in [1.54, 1.807) is 13.0 Å². The Morgan fingerprint density at radius 1 is 1.53 bits per heavy atom. The highest BCUT2D eigenvalue weighted by atomic mass is 16.5. The van der Waals surface area contributed by atoms with E-state index in [0.717, 1.165) is 13.0 Å². The van der Waals surface area contributed by atoms with Crippen LogP contribution in [0.25, 0.3) is 5.65 Å². The molecule has 0 atom stereocenters. The largest absolute Gasteiger partial charge is 0.380 e. The molecule has 8 nitrogen and oxygen atoms in total. The van der Waals surface area contributed by atoms with Crippen LogP contribution in [0.2, 0.25) is 0 Å². The van der Waals surface area contributed by atoms with E-state index in [4.69, 9.17) is 10.5 Å². The maximum Gasteiger partial charge on any atom is 0.349 e. The van der Waals surface area contributed by atoms with E-state index in [1.807, 2.05) is 0 Å². The third-order valence-corrected chi connectivity index (χ3v) is 2.60. The first-order chi connectivity index (χ1) is 9.22. The highest BCUT2D eigenvalue weighted by Crippen LogP contribution is 2.07. The second-order valence-corrected chi connectivity index (χ2v) is 4.09. The van der Waals surface area contributed by atoms with Crippen molar-refractivity contribution in [3.05, 3.63) is 22.4 Å². The number of nitrogens with one attached hydrogen (secondary N) is 2. The monoisotopic (exact) mass is 266 g/mol. The molecule has 0 aliphatic rings. The predicted molar refractivity (Wildman–Crippen MR) is 71.3 cm³/mol. The van der Waals surface area contributed by atoms with Crippen LogP contribution in [0.3, 0.4) is 0 Å². The van der Waals surface area contributed by atoms with Gasteiger partial charge in [-0.05, 0) is 13.3 Å². The number of aromatic nitrogens is 4. The first-order valence-corrected chi connectivity index (χ1v) is 6.19. The van der Waals surface area contributed by atoms with Gasteiger partial charge in [0.15, 0.2) is 5.65 Å². The number of ether oxygens (including phenoxy) is 1. The van der Waals surface area contributed by atoms with Crippen molar-refractivity contribution in [1.29, 1.82) is 0 Å². The number of anilines is 1. The number of fused-ring (bicyclic) bond motifs is 1. The molecule has 104 valence electrons. The second-order valence-electron chi connectivity index (χ2n) is 4.09. The number of aryl methyl sites for hydroxylation is 1. The zero-order valence-electron chi connectivity index (χ0n) is 10.8. The highest BCUT2D eigenvalue weighted by Gasteiger charge is 2.06. The molecule has 0 bridgehead atoms. The van der Waals surface area contributed by atoms with Gasteiger partial charge in [-0.25, -0.2) is 19.3 Å². The fraction of sp³-hybridized carbons (Fsp3) is 0.545. The lowest BCUT2D eigenvalue weighted by atomic mass is 10.4. The first kappa shape index (κ1) is 13.5. The van der Waals surface area contributed by atoms with Crippen molar-refractivity contribution in [2.45, 2.75) is 13.3 Å². The average molecular weight is 266 g/mol. The zero-order valence-corrected chi connectivity index (χ0v) is 10.8. The number of nitrogens with two attached hydrogens (primary N) is 1. The molecular formula is C11H18N6O2. The van der Waals surface area contributed by atoms with E-state index in [2.05, 4.69) is 20.5 Å². The van der Waals surface area contributed by atoms with Crippen molar-refractivity contribution in [3.8, 4) is 0 Å². The van der Waals surface area contributed by atoms with Gasteiger partial charge in [-0.3, -0.25) is 0 Å². The maximum absolute atomic E-state index is 11.4. The summed E-state index contributed by atoms with van der Waals surface area (Å²) in [5.41, 5.74) is 5.60. The Bertz CT molecular complexity index is 590. The van der Waals surface area contributed by atoms with Crippen molar-refractivity contribution < 1.29 is 4.74 Å². The third kappa shape index (κ3) is 3.30. The van der Waals surface area contributed by atoms with Crippen LogP contribution < -0.4 is 16.7 Å². The SMILES string of the molecule is Cc1nc(NCCCOCCN)cc2n[nH]c(=O)n12. The van der Waals surface area contributed by atoms with E-state index in [0.29, 0.717) is 37.0 Å². The van der Waals surface area contributed by atoms with Gasteiger partial charge in [-0.15, -0.1) is 0 Å². The summed E-state index contributed by atoms with van der Waals surface area (Å²) in [6.07, 6.45) is 0.860. The first-order valence-electron chi connectivity index (χ1n) is 6.19. The molecule has 0 radical (unpaired) electrons. The molecule has 0 unspecified atom stereocenters. The molecule has 0 fully saturated rings. The smallest absolute Gasteiger partial charge is 0.349 e. The minimum Gasteiger partial charge on any atom is -0.380 e. The topological polar surface area (TPSA) is 110 Å². The molecule has 0 saturated heterocycles. The summed E-state index contributed by atoms with van der Waals surface area (Å²) >= 11 is 0. The third-order valence-electron chi connectivity index (χ3n) is 2.60. The van der Waals surface area contributed by atoms with E-state index in [1.165, 1.54) is 4.40 Å². The van der Waals surface area contributed by atoms with E-state index < -0.39 is 0 Å². The minimum atomic E-state index is -0.276. The number of aromatic amines is 1. The van der Waals surface area contributed by atoms with Crippen molar-refractivity contribution in [2.75, 3.05) is 31.6 Å². The molecule has 2 rings (SSSR count). The minimum absolute atomic E-state index is 0.276. The van der Waals surface area contributed by atoms with Crippen molar-refractivity contribution >= 4 is 11.5 Å². The predicted octanol–water partition coefficient (Wildman–Crippen LogP) is -0.497. The molecule has 2 aromatic rings. The lowest BCUT2D eigenvalue weighted by Crippen LogP contribution is -2.15. The molecule has 4 N–H and O–H groups in total. The van der Waals surface area contributed by atoms with Gasteiger partial charge >= 0.3 is 5.69 Å². The van der Waals surface area contributed by atoms with Gasteiger partial charge in [0.25, 0.3) is 0 Å². The number of hydrogen-bond acceptors (Lipinski definition) is 6. The summed E-state index contributed by atoms with van der Waals surface area (Å²) in [5.74, 6) is 1.29. The lowest BCUT2D eigenvalue weighted by molar-refractivity contribution is 0.141. The van der Waals surface area contributed by atoms with Crippen LogP contribution in [-0.2, 0) is 4.74 Å². The molecule has 19 heavy (non-hydrogen) atoms. The Morgan fingerprint density at radius 2 is 2.37 bits per heavy atom. The Balaban J connectivity index is 1.92. The molecule has 0 aliphatic heterocycles. The number of nitrogens with zero attached hydrogens (tertiary/aromatic N) is 3. The molecule has 0 spiro atoms. The van der Waals surface area contributed by atoms with E-state index in [-0.39, 0.29) is 5.69 Å². The van der Waals surface area contributed by atoms with Crippen molar-refractivity contribution in [1.82, 2.24) is 19.6 Å². The summed E-state index contributed by atoms with van der Waals surface area (Å²) in [6, 6.07) is 1.73. The summed E-state index contributed by atoms with van der Waals surface area (Å²) in [6.45, 7) is 4.28. The van der Waals surface area contributed by atoms with Gasteiger partial charge in [0.2, 0.25) is 0 Å². The van der Waals surface area contributed by atoms with E-state index >= 15 is 0 Å². The molecule has 8 heteroatoms. The van der Waals surface area contributed by atoms with Gasteiger partial charge in [0, 0.05) is 25.8 Å². The molecule has 0 aromatic carbocycles. The van der Waals surface area contributed by atoms with Crippen LogP contribution in [-0.4, -0.2) is 45.9 Å². The molecule has 0 aliphatic carbocycles. The molecule has 0 saturated carbocycles. The van der Waals surface area contributed by atoms with Crippen LogP contribution in [0, 0.1) is 6.92 Å². The fourth-order valence-electron chi connectivity index (χ4n) is 1.76. The number of rotatable bonds is 7. The second kappa shape index (κ2) is 6.30. The summed E-state index contributed by atoms with van der Waals surface area (Å²) < 4.78 is 6.70. The number of H-pyrrole nitrogens is 1. The Labute approximate surface area is 110 Å². The van der Waals surface area contributed by atoms with Gasteiger partial charge in [-0.1, -0.05) is 0 Å². The van der Waals surface area contributed by atoms with Crippen LogP contribution >= 0.6 is 0 Å². The normalized spacial score (nSPS) is 11.1. The maximum atomic E-state index is 11.4. The van der Waals surface area contributed by atoms with Crippen LogP contribution in [0.15, 0.2) is 10.9 Å². The quantitative estimate of drug-likeness (QED) is 0.583. The highest BCUT2D eigenvalue weighted by molar-refractivity contribution is 5.49. The summed E-state index contributed by atoms with van der Waals surface area (Å²) in [7, 11) is 0. The summed E-state index contributed by atoms with van der Waals surface area (Å²) in [4.78, 5) is 15.7. The van der Waals surface area contributed by atoms with Gasteiger partial charge in [-0.2, -0.15) is 5.10 Å².